The second-order valence-electron chi connectivity index (χ2n) is 4.54. The van der Waals surface area contributed by atoms with Crippen LogP contribution in [0, 0.1) is 11.7 Å². The van der Waals surface area contributed by atoms with E-state index in [-0.39, 0.29) is 5.82 Å². The highest BCUT2D eigenvalue weighted by Gasteiger charge is 2.18. The van der Waals surface area contributed by atoms with E-state index in [1.165, 1.54) is 17.7 Å². The van der Waals surface area contributed by atoms with Crippen molar-refractivity contribution in [3.8, 4) is 0 Å². The van der Waals surface area contributed by atoms with Gasteiger partial charge in [-0.15, -0.1) is 0 Å². The number of aliphatic carboxylic acids is 1. The Bertz CT molecular complexity index is 520. The van der Waals surface area contributed by atoms with E-state index in [1.54, 1.807) is 23.5 Å². The summed E-state index contributed by atoms with van der Waals surface area (Å²) in [6.45, 7) is 0. The number of benzene rings is 1. The standard InChI is InChI=1S/C15H15FO2S/c16-14-5-2-11(3-6-14)9-13(15(17)18)4-1-12-7-8-19-10-12/h2-3,5-8,10,13H,1,4,9H2,(H,17,18). The molecule has 1 N–H and O–H groups in total. The normalized spacial score (nSPS) is 12.3. The molecule has 1 heterocycles. The Morgan fingerprint density at radius 1 is 1.21 bits per heavy atom. The molecule has 1 unspecified atom stereocenters. The highest BCUT2D eigenvalue weighted by Crippen LogP contribution is 2.17. The maximum absolute atomic E-state index is 12.8. The molecule has 0 fully saturated rings. The lowest BCUT2D eigenvalue weighted by molar-refractivity contribution is -0.141. The summed E-state index contributed by atoms with van der Waals surface area (Å²) in [4.78, 5) is 11.3. The predicted molar refractivity (Wildman–Crippen MR) is 73.9 cm³/mol. The van der Waals surface area contributed by atoms with Gasteiger partial charge < -0.3 is 5.11 Å². The second-order valence-corrected chi connectivity index (χ2v) is 5.32. The van der Waals surface area contributed by atoms with Gasteiger partial charge in [0.05, 0.1) is 5.92 Å². The smallest absolute Gasteiger partial charge is 0.306 e. The molecule has 2 nitrogen and oxygen atoms in total. The van der Waals surface area contributed by atoms with Gasteiger partial charge in [0, 0.05) is 0 Å². The van der Waals surface area contributed by atoms with Gasteiger partial charge in [0.25, 0.3) is 0 Å². The van der Waals surface area contributed by atoms with Crippen LogP contribution in [0.5, 0.6) is 0 Å². The van der Waals surface area contributed by atoms with Crippen LogP contribution in [0.3, 0.4) is 0 Å². The topological polar surface area (TPSA) is 37.3 Å². The molecule has 2 aromatic rings. The average Bonchev–Trinajstić information content (AvgIpc) is 2.89. The molecule has 4 heteroatoms. The summed E-state index contributed by atoms with van der Waals surface area (Å²) in [7, 11) is 0. The largest absolute Gasteiger partial charge is 0.481 e. The molecule has 2 rings (SSSR count). The third kappa shape index (κ3) is 4.17. The molecule has 0 radical (unpaired) electrons. The summed E-state index contributed by atoms with van der Waals surface area (Å²) in [5, 5.41) is 13.3. The van der Waals surface area contributed by atoms with Gasteiger partial charge in [-0.2, -0.15) is 11.3 Å². The number of rotatable bonds is 6. The van der Waals surface area contributed by atoms with Crippen molar-refractivity contribution in [2.24, 2.45) is 5.92 Å². The van der Waals surface area contributed by atoms with E-state index in [9.17, 15) is 14.3 Å². The van der Waals surface area contributed by atoms with E-state index in [0.29, 0.717) is 12.8 Å². The summed E-state index contributed by atoms with van der Waals surface area (Å²) in [5.41, 5.74) is 2.04. The Morgan fingerprint density at radius 2 is 1.95 bits per heavy atom. The van der Waals surface area contributed by atoms with Crippen molar-refractivity contribution >= 4 is 17.3 Å². The molecular weight excluding hydrogens is 263 g/mol. The fraction of sp³-hybridized carbons (Fsp3) is 0.267. The minimum absolute atomic E-state index is 0.297. The fourth-order valence-corrected chi connectivity index (χ4v) is 2.70. The lowest BCUT2D eigenvalue weighted by Gasteiger charge is -2.11. The molecule has 1 aromatic heterocycles. The number of carbonyl (C=O) groups is 1. The van der Waals surface area contributed by atoms with Gasteiger partial charge in [0.2, 0.25) is 0 Å². The first-order chi connectivity index (χ1) is 9.15. The van der Waals surface area contributed by atoms with E-state index >= 15 is 0 Å². The van der Waals surface area contributed by atoms with Gasteiger partial charge in [-0.1, -0.05) is 12.1 Å². The molecule has 0 spiro atoms. The van der Waals surface area contributed by atoms with E-state index in [0.717, 1.165) is 12.0 Å². The molecule has 0 amide bonds. The maximum Gasteiger partial charge on any atom is 0.306 e. The van der Waals surface area contributed by atoms with Crippen LogP contribution in [-0.4, -0.2) is 11.1 Å². The van der Waals surface area contributed by atoms with Crippen LogP contribution < -0.4 is 0 Å². The summed E-state index contributed by atoms with van der Waals surface area (Å²) in [6, 6.07) is 8.05. The molecule has 0 saturated carbocycles. The van der Waals surface area contributed by atoms with Gasteiger partial charge in [0.1, 0.15) is 5.82 Å². The summed E-state index contributed by atoms with van der Waals surface area (Å²) < 4.78 is 12.8. The first kappa shape index (κ1) is 13.7. The molecule has 0 aliphatic heterocycles. The third-order valence-corrected chi connectivity index (χ3v) is 3.84. The minimum Gasteiger partial charge on any atom is -0.481 e. The Hall–Kier alpha value is -1.68. The molecule has 1 aromatic carbocycles. The third-order valence-electron chi connectivity index (χ3n) is 3.11. The van der Waals surface area contributed by atoms with Crippen molar-refractivity contribution in [1.29, 1.82) is 0 Å². The number of thiophene rings is 1. The van der Waals surface area contributed by atoms with Crippen LogP contribution in [0.2, 0.25) is 0 Å². The first-order valence-electron chi connectivity index (χ1n) is 6.13. The van der Waals surface area contributed by atoms with Crippen molar-refractivity contribution in [1.82, 2.24) is 0 Å². The van der Waals surface area contributed by atoms with Gasteiger partial charge in [0.15, 0.2) is 0 Å². The monoisotopic (exact) mass is 278 g/mol. The van der Waals surface area contributed by atoms with Crippen molar-refractivity contribution in [3.05, 3.63) is 58.0 Å². The van der Waals surface area contributed by atoms with Crippen molar-refractivity contribution < 1.29 is 14.3 Å². The zero-order valence-electron chi connectivity index (χ0n) is 10.4. The number of hydrogen-bond acceptors (Lipinski definition) is 2. The van der Waals surface area contributed by atoms with E-state index in [1.807, 2.05) is 16.8 Å². The first-order valence-corrected chi connectivity index (χ1v) is 7.08. The molecule has 0 aliphatic rings. The number of carboxylic acid groups (broad SMARTS) is 1. The fourth-order valence-electron chi connectivity index (χ4n) is 1.99. The number of hydrogen-bond donors (Lipinski definition) is 1. The highest BCUT2D eigenvalue weighted by molar-refractivity contribution is 7.07. The van der Waals surface area contributed by atoms with Crippen LogP contribution >= 0.6 is 11.3 Å². The Kier molecular flexibility index (Phi) is 4.68. The highest BCUT2D eigenvalue weighted by atomic mass is 32.1. The van der Waals surface area contributed by atoms with Crippen LogP contribution in [0.15, 0.2) is 41.1 Å². The van der Waals surface area contributed by atoms with Gasteiger partial charge in [-0.25, -0.2) is 4.39 Å². The number of halogens is 1. The lowest BCUT2D eigenvalue weighted by Crippen LogP contribution is -2.17. The zero-order valence-corrected chi connectivity index (χ0v) is 11.2. The van der Waals surface area contributed by atoms with Gasteiger partial charge in [-0.3, -0.25) is 4.79 Å². The van der Waals surface area contributed by atoms with Crippen molar-refractivity contribution in [2.45, 2.75) is 19.3 Å². The SMILES string of the molecule is O=C(O)C(CCc1ccsc1)Cc1ccc(F)cc1. The molecule has 1 atom stereocenters. The Labute approximate surface area is 115 Å². The molecule has 0 saturated heterocycles. The van der Waals surface area contributed by atoms with E-state index < -0.39 is 11.9 Å². The zero-order chi connectivity index (χ0) is 13.7. The molecule has 0 bridgehead atoms. The molecule has 100 valence electrons. The van der Waals surface area contributed by atoms with Crippen LogP contribution in [-0.2, 0) is 17.6 Å². The molecule has 0 aliphatic carbocycles. The Morgan fingerprint density at radius 3 is 2.53 bits per heavy atom. The van der Waals surface area contributed by atoms with Crippen LogP contribution in [0.25, 0.3) is 0 Å². The quantitative estimate of drug-likeness (QED) is 0.873. The lowest BCUT2D eigenvalue weighted by atomic mass is 9.93. The van der Waals surface area contributed by atoms with E-state index in [4.69, 9.17) is 0 Å². The van der Waals surface area contributed by atoms with Crippen molar-refractivity contribution in [2.75, 3.05) is 0 Å². The molecular formula is C15H15FO2S. The predicted octanol–water partition coefficient (Wildman–Crippen LogP) is 3.76. The second kappa shape index (κ2) is 6.48. The summed E-state index contributed by atoms with van der Waals surface area (Å²) in [5.74, 6) is -1.51. The number of aryl methyl sites for hydroxylation is 1. The molecule has 19 heavy (non-hydrogen) atoms. The summed E-state index contributed by atoms with van der Waals surface area (Å²) in [6.07, 6.45) is 1.81. The van der Waals surface area contributed by atoms with Crippen LogP contribution in [0.1, 0.15) is 17.5 Å². The number of carboxylic acids is 1. The summed E-state index contributed by atoms with van der Waals surface area (Å²) >= 11 is 1.62. The van der Waals surface area contributed by atoms with Crippen LogP contribution in [0.4, 0.5) is 4.39 Å². The van der Waals surface area contributed by atoms with Gasteiger partial charge >= 0.3 is 5.97 Å². The maximum atomic E-state index is 12.8. The van der Waals surface area contributed by atoms with Crippen molar-refractivity contribution in [3.63, 3.8) is 0 Å². The van der Waals surface area contributed by atoms with E-state index in [2.05, 4.69) is 0 Å². The Balaban J connectivity index is 1.96. The average molecular weight is 278 g/mol. The minimum atomic E-state index is -0.792. The van der Waals surface area contributed by atoms with Gasteiger partial charge in [-0.05, 0) is 59.3 Å².